The van der Waals surface area contributed by atoms with Gasteiger partial charge in [-0.2, -0.15) is 0 Å². The molecule has 0 aromatic heterocycles. The van der Waals surface area contributed by atoms with Gasteiger partial charge in [-0.05, 0) is 60.4 Å². The smallest absolute Gasteiger partial charge is 0.243 e. The van der Waals surface area contributed by atoms with E-state index in [1.165, 1.54) is 0 Å². The van der Waals surface area contributed by atoms with Gasteiger partial charge in [0.2, 0.25) is 11.8 Å². The van der Waals surface area contributed by atoms with E-state index in [4.69, 9.17) is 21.1 Å². The van der Waals surface area contributed by atoms with Crippen LogP contribution in [0.1, 0.15) is 37.3 Å². The van der Waals surface area contributed by atoms with Crippen LogP contribution in [0.15, 0.2) is 78.9 Å². The number of methoxy groups -OCH3 is 1. The zero-order chi connectivity index (χ0) is 26.5. The summed E-state index contributed by atoms with van der Waals surface area (Å²) in [5, 5.41) is 3.58. The van der Waals surface area contributed by atoms with Crippen LogP contribution in [0.3, 0.4) is 0 Å². The van der Waals surface area contributed by atoms with Gasteiger partial charge < -0.3 is 19.7 Å². The second-order valence-corrected chi connectivity index (χ2v) is 9.21. The molecule has 1 N–H and O–H groups in total. The minimum Gasteiger partial charge on any atom is -0.497 e. The number of ether oxygens (including phenoxy) is 2. The topological polar surface area (TPSA) is 67.9 Å². The Bertz CT molecular complexity index is 1120. The molecule has 0 fully saturated rings. The van der Waals surface area contributed by atoms with E-state index in [0.717, 1.165) is 23.3 Å². The highest BCUT2D eigenvalue weighted by atomic mass is 35.5. The van der Waals surface area contributed by atoms with Crippen LogP contribution in [0.2, 0.25) is 5.02 Å². The van der Waals surface area contributed by atoms with Crippen LogP contribution in [-0.4, -0.2) is 43.0 Å². The average Bonchev–Trinajstić information content (AvgIpc) is 2.92. The van der Waals surface area contributed by atoms with E-state index in [0.29, 0.717) is 36.8 Å². The minimum absolute atomic E-state index is 0.106. The lowest BCUT2D eigenvalue weighted by atomic mass is 10.0. The van der Waals surface area contributed by atoms with Gasteiger partial charge in [-0.3, -0.25) is 9.59 Å². The summed E-state index contributed by atoms with van der Waals surface area (Å²) in [6.45, 7) is 3.23. The largest absolute Gasteiger partial charge is 0.497 e. The van der Waals surface area contributed by atoms with Crippen LogP contribution < -0.4 is 14.8 Å². The van der Waals surface area contributed by atoms with Crippen LogP contribution in [0, 0.1) is 0 Å². The van der Waals surface area contributed by atoms with E-state index in [2.05, 4.69) is 5.32 Å². The van der Waals surface area contributed by atoms with Gasteiger partial charge in [0.25, 0.3) is 0 Å². The van der Waals surface area contributed by atoms with E-state index in [1.54, 1.807) is 18.1 Å². The fourth-order valence-corrected chi connectivity index (χ4v) is 4.19. The molecule has 0 bridgehead atoms. The number of amides is 2. The van der Waals surface area contributed by atoms with Crippen molar-refractivity contribution >= 4 is 23.4 Å². The maximum atomic E-state index is 13.6. The van der Waals surface area contributed by atoms with Crippen molar-refractivity contribution in [3.05, 3.63) is 95.0 Å². The molecule has 0 radical (unpaired) electrons. The van der Waals surface area contributed by atoms with Gasteiger partial charge in [0.1, 0.15) is 17.5 Å². The van der Waals surface area contributed by atoms with Crippen molar-refractivity contribution in [3.63, 3.8) is 0 Å². The van der Waals surface area contributed by atoms with Gasteiger partial charge in [-0.15, -0.1) is 0 Å². The third kappa shape index (κ3) is 9.14. The number of rotatable bonds is 14. The first-order valence-corrected chi connectivity index (χ1v) is 13.0. The molecule has 0 spiro atoms. The molecule has 1 atom stereocenters. The maximum Gasteiger partial charge on any atom is 0.243 e. The molecular formula is C30H35ClN2O4. The molecule has 196 valence electrons. The van der Waals surface area contributed by atoms with E-state index < -0.39 is 6.04 Å². The summed E-state index contributed by atoms with van der Waals surface area (Å²) in [7, 11) is 1.62. The monoisotopic (exact) mass is 522 g/mol. The molecule has 3 aromatic rings. The fraction of sp³-hybridized carbons (Fsp3) is 0.333. The molecule has 3 rings (SSSR count). The summed E-state index contributed by atoms with van der Waals surface area (Å²) < 4.78 is 11.0. The van der Waals surface area contributed by atoms with Crippen molar-refractivity contribution in [2.45, 2.75) is 45.2 Å². The van der Waals surface area contributed by atoms with Gasteiger partial charge >= 0.3 is 0 Å². The Hall–Kier alpha value is -3.51. The van der Waals surface area contributed by atoms with E-state index in [1.807, 2.05) is 79.7 Å². The predicted molar refractivity (Wildman–Crippen MR) is 147 cm³/mol. The molecule has 0 aliphatic carbocycles. The predicted octanol–water partition coefficient (Wildman–Crippen LogP) is 5.67. The summed E-state index contributed by atoms with van der Waals surface area (Å²) in [5.74, 6) is 1.20. The first-order valence-electron chi connectivity index (χ1n) is 12.6. The van der Waals surface area contributed by atoms with E-state index in [-0.39, 0.29) is 24.8 Å². The van der Waals surface area contributed by atoms with Crippen LogP contribution in [0.25, 0.3) is 0 Å². The Labute approximate surface area is 224 Å². The standard InChI is InChI=1S/C30H35ClN2O4/c1-3-18-32-30(35)28(21-23-9-5-4-6-10-23)33(22-24-11-7-12-25(31)20-24)29(34)13-8-19-37-27-16-14-26(36-2)15-17-27/h4-7,9-12,14-17,20,28H,3,8,13,18-19,21-22H2,1-2H3,(H,32,35)/t28-/m0/s1. The van der Waals surface area contributed by atoms with Gasteiger partial charge in [0, 0.05) is 31.0 Å². The first kappa shape index (κ1) is 28.1. The maximum absolute atomic E-state index is 13.6. The lowest BCUT2D eigenvalue weighted by molar-refractivity contribution is -0.141. The van der Waals surface area contributed by atoms with Gasteiger partial charge in [-0.1, -0.05) is 61.0 Å². The normalized spacial score (nSPS) is 11.4. The van der Waals surface area contributed by atoms with Gasteiger partial charge in [0.15, 0.2) is 0 Å². The van der Waals surface area contributed by atoms with Crippen LogP contribution in [0.5, 0.6) is 11.5 Å². The van der Waals surface area contributed by atoms with Crippen LogP contribution in [0.4, 0.5) is 0 Å². The Kier molecular flexibility index (Phi) is 11.3. The second-order valence-electron chi connectivity index (χ2n) is 8.78. The average molecular weight is 523 g/mol. The van der Waals surface area contributed by atoms with Crippen molar-refractivity contribution < 1.29 is 19.1 Å². The number of carbonyl (C=O) groups excluding carboxylic acids is 2. The minimum atomic E-state index is -0.650. The van der Waals surface area contributed by atoms with E-state index in [9.17, 15) is 9.59 Å². The zero-order valence-corrected chi connectivity index (χ0v) is 22.2. The van der Waals surface area contributed by atoms with E-state index >= 15 is 0 Å². The van der Waals surface area contributed by atoms with Gasteiger partial charge in [0.05, 0.1) is 13.7 Å². The first-order chi connectivity index (χ1) is 18.0. The number of nitrogens with one attached hydrogen (secondary N) is 1. The molecule has 37 heavy (non-hydrogen) atoms. The number of carbonyl (C=O) groups is 2. The number of benzene rings is 3. The molecule has 3 aromatic carbocycles. The SMILES string of the molecule is CCCNC(=O)[C@H](Cc1ccccc1)N(Cc1cccc(Cl)c1)C(=O)CCCOc1ccc(OC)cc1. The summed E-state index contributed by atoms with van der Waals surface area (Å²) in [4.78, 5) is 28.6. The highest BCUT2D eigenvalue weighted by Crippen LogP contribution is 2.20. The Morgan fingerprint density at radius 2 is 1.65 bits per heavy atom. The highest BCUT2D eigenvalue weighted by molar-refractivity contribution is 6.30. The fourth-order valence-electron chi connectivity index (χ4n) is 3.98. The van der Waals surface area contributed by atoms with Crippen molar-refractivity contribution in [3.8, 4) is 11.5 Å². The molecule has 0 aliphatic heterocycles. The molecule has 7 heteroatoms. The third-order valence-corrected chi connectivity index (χ3v) is 6.16. The lowest BCUT2D eigenvalue weighted by Crippen LogP contribution is -2.50. The number of halogens is 1. The molecule has 0 heterocycles. The summed E-state index contributed by atoms with van der Waals surface area (Å²) in [6, 6.07) is 23.8. The molecule has 0 aliphatic rings. The number of hydrogen-bond donors (Lipinski definition) is 1. The summed E-state index contributed by atoms with van der Waals surface area (Å²) in [5.41, 5.74) is 1.86. The third-order valence-electron chi connectivity index (χ3n) is 5.93. The van der Waals surface area contributed by atoms with Crippen molar-refractivity contribution in [2.24, 2.45) is 0 Å². The molecular weight excluding hydrogens is 488 g/mol. The molecule has 0 saturated carbocycles. The Morgan fingerprint density at radius 1 is 0.946 bits per heavy atom. The number of nitrogens with zero attached hydrogens (tertiary/aromatic N) is 1. The van der Waals surface area contributed by atoms with Crippen LogP contribution >= 0.6 is 11.6 Å². The lowest BCUT2D eigenvalue weighted by Gasteiger charge is -2.31. The quantitative estimate of drug-likeness (QED) is 0.277. The Balaban J connectivity index is 1.75. The molecule has 0 saturated heterocycles. The Morgan fingerprint density at radius 3 is 2.32 bits per heavy atom. The molecule has 0 unspecified atom stereocenters. The van der Waals surface area contributed by atoms with Crippen molar-refractivity contribution in [1.29, 1.82) is 0 Å². The highest BCUT2D eigenvalue weighted by Gasteiger charge is 2.30. The molecule has 2 amide bonds. The zero-order valence-electron chi connectivity index (χ0n) is 21.5. The van der Waals surface area contributed by atoms with Crippen molar-refractivity contribution in [2.75, 3.05) is 20.3 Å². The molecule has 6 nitrogen and oxygen atoms in total. The number of hydrogen-bond acceptors (Lipinski definition) is 4. The van der Waals surface area contributed by atoms with Crippen LogP contribution in [-0.2, 0) is 22.6 Å². The summed E-state index contributed by atoms with van der Waals surface area (Å²) in [6.07, 6.45) is 2.01. The van der Waals surface area contributed by atoms with Crippen molar-refractivity contribution in [1.82, 2.24) is 10.2 Å². The summed E-state index contributed by atoms with van der Waals surface area (Å²) >= 11 is 6.22. The van der Waals surface area contributed by atoms with Gasteiger partial charge in [-0.25, -0.2) is 0 Å². The second kappa shape index (κ2) is 14.9.